The second-order valence-electron chi connectivity index (χ2n) is 16.4. The standard InChI is InChI=1S/C44H86NO8P/c1-6-8-10-12-14-16-18-20-22-24-26-28-30-32-34-36-43(46)50-40-42(41-52-54(48,49)51-39-38-45(3,4)5)53-44(47)37-35-33-31-29-27-25-23-21-19-17-15-13-11-9-7-2/h21,23,42H,6-20,22,24-41H2,1-5H3/b23-21-. The molecular formula is C44H86NO8P. The highest BCUT2D eigenvalue weighted by atomic mass is 31.2. The molecule has 0 rings (SSSR count). The number of phosphoric ester groups is 1. The zero-order chi connectivity index (χ0) is 40.0. The van der Waals surface area contributed by atoms with Crippen LogP contribution in [0.1, 0.15) is 206 Å². The van der Waals surface area contributed by atoms with E-state index in [1.54, 1.807) is 0 Å². The fourth-order valence-corrected chi connectivity index (χ4v) is 6.97. The first kappa shape index (κ1) is 52.8. The molecule has 54 heavy (non-hydrogen) atoms. The summed E-state index contributed by atoms with van der Waals surface area (Å²) in [4.78, 5) is 37.5. The van der Waals surface area contributed by atoms with Crippen LogP contribution in [0.2, 0.25) is 0 Å². The number of hydrogen-bond acceptors (Lipinski definition) is 8. The summed E-state index contributed by atoms with van der Waals surface area (Å²) in [5.74, 6) is -0.834. The smallest absolute Gasteiger partial charge is 0.306 e. The van der Waals surface area contributed by atoms with Crippen LogP contribution in [-0.2, 0) is 32.7 Å². The number of nitrogens with zero attached hydrogens (tertiary/aromatic N) is 1. The molecule has 0 aliphatic rings. The van der Waals surface area contributed by atoms with Crippen molar-refractivity contribution < 1.29 is 42.1 Å². The molecule has 9 nitrogen and oxygen atoms in total. The molecule has 0 aliphatic carbocycles. The quantitative estimate of drug-likeness (QED) is 0.0198. The second-order valence-corrected chi connectivity index (χ2v) is 17.8. The van der Waals surface area contributed by atoms with Gasteiger partial charge in [-0.1, -0.05) is 167 Å². The van der Waals surface area contributed by atoms with Crippen molar-refractivity contribution in [2.75, 3.05) is 47.5 Å². The molecule has 0 aliphatic heterocycles. The number of allylic oxidation sites excluding steroid dienone is 2. The average Bonchev–Trinajstić information content (AvgIpc) is 3.12. The molecule has 0 fully saturated rings. The Labute approximate surface area is 333 Å². The van der Waals surface area contributed by atoms with Gasteiger partial charge in [-0.2, -0.15) is 0 Å². The van der Waals surface area contributed by atoms with Gasteiger partial charge in [-0.15, -0.1) is 0 Å². The van der Waals surface area contributed by atoms with Crippen LogP contribution in [0, 0.1) is 0 Å². The monoisotopic (exact) mass is 788 g/mol. The van der Waals surface area contributed by atoms with Crippen LogP contribution in [-0.4, -0.2) is 70.0 Å². The largest absolute Gasteiger partial charge is 0.756 e. The Hall–Kier alpha value is -1.25. The third kappa shape index (κ3) is 40.4. The van der Waals surface area contributed by atoms with Crippen LogP contribution in [0.15, 0.2) is 12.2 Å². The Morgan fingerprint density at radius 2 is 0.944 bits per heavy atom. The Kier molecular flexibility index (Phi) is 36.5. The van der Waals surface area contributed by atoms with E-state index >= 15 is 0 Å². The van der Waals surface area contributed by atoms with E-state index in [1.807, 2.05) is 21.1 Å². The number of phosphoric acid groups is 1. The van der Waals surface area contributed by atoms with Crippen molar-refractivity contribution >= 4 is 19.8 Å². The first-order valence-electron chi connectivity index (χ1n) is 22.4. The van der Waals surface area contributed by atoms with E-state index < -0.39 is 26.5 Å². The molecule has 0 spiro atoms. The molecule has 0 saturated carbocycles. The fraction of sp³-hybridized carbons (Fsp3) is 0.909. The molecule has 0 heterocycles. The summed E-state index contributed by atoms with van der Waals surface area (Å²) in [6.45, 7) is 4.23. The minimum Gasteiger partial charge on any atom is -0.756 e. The summed E-state index contributed by atoms with van der Waals surface area (Å²) in [7, 11) is 1.17. The minimum absolute atomic E-state index is 0.0293. The summed E-state index contributed by atoms with van der Waals surface area (Å²) in [5, 5.41) is 0. The highest BCUT2D eigenvalue weighted by molar-refractivity contribution is 7.45. The van der Waals surface area contributed by atoms with Gasteiger partial charge in [-0.25, -0.2) is 0 Å². The number of likely N-dealkylation sites (N-methyl/N-ethyl adjacent to an activating group) is 1. The average molecular weight is 788 g/mol. The zero-order valence-electron chi connectivity index (χ0n) is 35.9. The van der Waals surface area contributed by atoms with Crippen LogP contribution in [0.5, 0.6) is 0 Å². The summed E-state index contributed by atoms with van der Waals surface area (Å²) in [6.07, 6.45) is 38.0. The van der Waals surface area contributed by atoms with Crippen molar-refractivity contribution in [1.29, 1.82) is 0 Å². The second kappa shape index (κ2) is 37.3. The van der Waals surface area contributed by atoms with Gasteiger partial charge in [-0.3, -0.25) is 14.2 Å². The molecule has 0 bridgehead atoms. The normalized spacial score (nSPS) is 13.7. The van der Waals surface area contributed by atoms with Crippen molar-refractivity contribution in [3.8, 4) is 0 Å². The fourth-order valence-electron chi connectivity index (χ4n) is 6.24. The van der Waals surface area contributed by atoms with Crippen molar-refractivity contribution in [1.82, 2.24) is 0 Å². The van der Waals surface area contributed by atoms with Gasteiger partial charge in [0.05, 0.1) is 27.7 Å². The number of ether oxygens (including phenoxy) is 2. The molecule has 0 aromatic rings. The van der Waals surface area contributed by atoms with Gasteiger partial charge in [0.2, 0.25) is 0 Å². The Morgan fingerprint density at radius 3 is 1.37 bits per heavy atom. The maximum Gasteiger partial charge on any atom is 0.306 e. The summed E-state index contributed by atoms with van der Waals surface area (Å²) >= 11 is 0. The van der Waals surface area contributed by atoms with Gasteiger partial charge in [0.25, 0.3) is 7.82 Å². The lowest BCUT2D eigenvalue weighted by molar-refractivity contribution is -0.870. The molecule has 2 unspecified atom stereocenters. The Balaban J connectivity index is 4.34. The molecule has 0 amide bonds. The molecular weight excluding hydrogens is 701 g/mol. The summed E-state index contributed by atoms with van der Waals surface area (Å²) in [6, 6.07) is 0. The first-order valence-corrected chi connectivity index (χ1v) is 23.9. The van der Waals surface area contributed by atoms with Gasteiger partial charge in [-0.05, 0) is 38.5 Å². The molecule has 0 N–H and O–H groups in total. The van der Waals surface area contributed by atoms with E-state index in [0.717, 1.165) is 51.4 Å². The van der Waals surface area contributed by atoms with Gasteiger partial charge in [0, 0.05) is 12.8 Å². The Bertz CT molecular complexity index is 938. The van der Waals surface area contributed by atoms with E-state index in [0.29, 0.717) is 17.4 Å². The predicted molar refractivity (Wildman–Crippen MR) is 222 cm³/mol. The van der Waals surface area contributed by atoms with Gasteiger partial charge < -0.3 is 27.9 Å². The molecule has 0 aromatic heterocycles. The van der Waals surface area contributed by atoms with E-state index in [1.165, 1.54) is 122 Å². The SMILES string of the molecule is CCCCCCCC/C=C\CCCCCCCC(=O)OC(COC(=O)CCCCCCCCCCCCCCCCC)COP(=O)([O-])OCC[N+](C)(C)C. The van der Waals surface area contributed by atoms with E-state index in [9.17, 15) is 19.0 Å². The van der Waals surface area contributed by atoms with Crippen molar-refractivity contribution in [3.05, 3.63) is 12.2 Å². The van der Waals surface area contributed by atoms with Crippen molar-refractivity contribution in [3.63, 3.8) is 0 Å². The summed E-state index contributed by atoms with van der Waals surface area (Å²) < 4.78 is 33.9. The number of carbonyl (C=O) groups excluding carboxylic acids is 2. The number of esters is 2. The predicted octanol–water partition coefficient (Wildman–Crippen LogP) is 11.9. The number of carbonyl (C=O) groups is 2. The topological polar surface area (TPSA) is 111 Å². The number of hydrogen-bond donors (Lipinski definition) is 0. The van der Waals surface area contributed by atoms with Crippen LogP contribution in [0.25, 0.3) is 0 Å². The number of quaternary nitrogens is 1. The van der Waals surface area contributed by atoms with Crippen molar-refractivity contribution in [2.45, 2.75) is 213 Å². The van der Waals surface area contributed by atoms with Crippen LogP contribution in [0.3, 0.4) is 0 Å². The Morgan fingerprint density at radius 1 is 0.556 bits per heavy atom. The van der Waals surface area contributed by atoms with Crippen molar-refractivity contribution in [2.24, 2.45) is 0 Å². The first-order chi connectivity index (χ1) is 26.0. The van der Waals surface area contributed by atoms with E-state index in [4.69, 9.17) is 18.5 Å². The van der Waals surface area contributed by atoms with Crippen LogP contribution >= 0.6 is 7.82 Å². The minimum atomic E-state index is -4.62. The molecule has 0 saturated heterocycles. The lowest BCUT2D eigenvalue weighted by atomic mass is 10.0. The van der Waals surface area contributed by atoms with Crippen LogP contribution < -0.4 is 4.89 Å². The summed E-state index contributed by atoms with van der Waals surface area (Å²) in [5.41, 5.74) is 0. The maximum atomic E-state index is 12.7. The lowest BCUT2D eigenvalue weighted by Crippen LogP contribution is -2.37. The van der Waals surface area contributed by atoms with Crippen LogP contribution in [0.4, 0.5) is 0 Å². The highest BCUT2D eigenvalue weighted by Gasteiger charge is 2.21. The maximum absolute atomic E-state index is 12.7. The number of unbranched alkanes of at least 4 members (excludes halogenated alkanes) is 25. The molecule has 320 valence electrons. The third-order valence-corrected chi connectivity index (χ3v) is 10.7. The molecule has 0 radical (unpaired) electrons. The van der Waals surface area contributed by atoms with Gasteiger partial charge in [0.15, 0.2) is 6.10 Å². The van der Waals surface area contributed by atoms with E-state index in [2.05, 4.69) is 26.0 Å². The highest BCUT2D eigenvalue weighted by Crippen LogP contribution is 2.38. The number of rotatable bonds is 41. The molecule has 2 atom stereocenters. The lowest BCUT2D eigenvalue weighted by Gasteiger charge is -2.28. The van der Waals surface area contributed by atoms with E-state index in [-0.39, 0.29) is 32.0 Å². The zero-order valence-corrected chi connectivity index (χ0v) is 36.8. The van der Waals surface area contributed by atoms with Gasteiger partial charge in [0.1, 0.15) is 19.8 Å². The molecule has 0 aromatic carbocycles. The van der Waals surface area contributed by atoms with Gasteiger partial charge >= 0.3 is 11.9 Å². The third-order valence-electron chi connectivity index (χ3n) is 9.79. The molecule has 10 heteroatoms.